The van der Waals surface area contributed by atoms with E-state index in [-0.39, 0.29) is 6.10 Å². The number of para-hydroxylation sites is 1. The molecule has 1 unspecified atom stereocenters. The van der Waals surface area contributed by atoms with E-state index in [1.807, 2.05) is 48.5 Å². The first kappa shape index (κ1) is 13.8. The lowest BCUT2D eigenvalue weighted by Crippen LogP contribution is -2.20. The van der Waals surface area contributed by atoms with Crippen LogP contribution in [0.1, 0.15) is 11.7 Å². The molecule has 0 saturated heterocycles. The van der Waals surface area contributed by atoms with Crippen molar-refractivity contribution in [3.8, 4) is 0 Å². The molecule has 102 valence electrons. The number of hydrogen-bond donors (Lipinski definition) is 0. The van der Waals surface area contributed by atoms with Crippen LogP contribution in [-0.2, 0) is 0 Å². The van der Waals surface area contributed by atoms with Crippen molar-refractivity contribution >= 4 is 49.6 Å². The molecule has 1 atom stereocenters. The molecule has 0 fully saturated rings. The molecule has 1 heterocycles. The van der Waals surface area contributed by atoms with Gasteiger partial charge in [0.05, 0.1) is 0 Å². The van der Waals surface area contributed by atoms with Crippen molar-refractivity contribution in [2.75, 3.05) is 4.43 Å². The Labute approximate surface area is 138 Å². The molecular weight excluding hydrogens is 433 g/mol. The molecule has 0 N–H and O–H groups in total. The van der Waals surface area contributed by atoms with E-state index in [4.69, 9.17) is 4.84 Å². The van der Waals surface area contributed by atoms with Gasteiger partial charge in [-0.1, -0.05) is 67.6 Å². The van der Waals surface area contributed by atoms with Gasteiger partial charge in [-0.2, -0.15) is 0 Å². The molecule has 0 aliphatic heterocycles. The molecule has 3 rings (SSSR count). The highest BCUT2D eigenvalue weighted by Gasteiger charge is 2.14. The second kappa shape index (κ2) is 6.09. The number of halogens is 2. The summed E-state index contributed by atoms with van der Waals surface area (Å²) in [5.74, 6) is 0. The van der Waals surface area contributed by atoms with Crippen molar-refractivity contribution in [2.24, 2.45) is 0 Å². The highest BCUT2D eigenvalue weighted by Crippen LogP contribution is 2.21. The molecule has 0 saturated carbocycles. The molecule has 6 heteroatoms. The zero-order chi connectivity index (χ0) is 13.9. The van der Waals surface area contributed by atoms with Crippen LogP contribution in [-0.4, -0.2) is 19.6 Å². The fraction of sp³-hybridized carbons (Fsp3) is 0.143. The number of alkyl halides is 1. The van der Waals surface area contributed by atoms with Crippen molar-refractivity contribution in [1.82, 2.24) is 15.2 Å². The van der Waals surface area contributed by atoms with Crippen LogP contribution in [0.5, 0.6) is 0 Å². The Morgan fingerprint density at radius 1 is 1.15 bits per heavy atom. The van der Waals surface area contributed by atoms with Gasteiger partial charge in [0.1, 0.15) is 11.0 Å². The maximum absolute atomic E-state index is 5.96. The van der Waals surface area contributed by atoms with Gasteiger partial charge in [0, 0.05) is 8.90 Å². The maximum Gasteiger partial charge on any atom is 0.161 e. The van der Waals surface area contributed by atoms with E-state index in [0.29, 0.717) is 0 Å². The van der Waals surface area contributed by atoms with Crippen molar-refractivity contribution < 1.29 is 4.84 Å². The summed E-state index contributed by atoms with van der Waals surface area (Å²) in [6, 6.07) is 15.9. The van der Waals surface area contributed by atoms with Gasteiger partial charge in [-0.05, 0) is 35.0 Å². The summed E-state index contributed by atoms with van der Waals surface area (Å²) < 4.78 is 1.88. The first-order valence-corrected chi connectivity index (χ1v) is 8.39. The number of fused-ring (bicyclic) bond motifs is 1. The molecule has 0 aliphatic rings. The monoisotopic (exact) mass is 443 g/mol. The van der Waals surface area contributed by atoms with Crippen LogP contribution in [0.25, 0.3) is 11.0 Å². The Hall–Kier alpha value is -1.15. The zero-order valence-corrected chi connectivity index (χ0v) is 14.2. The second-order valence-electron chi connectivity index (χ2n) is 4.25. The van der Waals surface area contributed by atoms with Gasteiger partial charge in [-0.3, -0.25) is 0 Å². The SMILES string of the molecule is Brc1ccc(C(CI)On2nnc3ccccc32)cc1. The van der Waals surface area contributed by atoms with Crippen molar-refractivity contribution in [1.29, 1.82) is 0 Å². The summed E-state index contributed by atoms with van der Waals surface area (Å²) in [5.41, 5.74) is 2.82. The van der Waals surface area contributed by atoms with Crippen LogP contribution >= 0.6 is 38.5 Å². The molecule has 0 bridgehead atoms. The molecule has 4 nitrogen and oxygen atoms in total. The lowest BCUT2D eigenvalue weighted by Gasteiger charge is -2.16. The normalized spacial score (nSPS) is 12.5. The first-order valence-electron chi connectivity index (χ1n) is 6.07. The van der Waals surface area contributed by atoms with Gasteiger partial charge in [0.15, 0.2) is 6.10 Å². The zero-order valence-electron chi connectivity index (χ0n) is 10.4. The van der Waals surface area contributed by atoms with E-state index >= 15 is 0 Å². The van der Waals surface area contributed by atoms with Gasteiger partial charge in [-0.25, -0.2) is 0 Å². The minimum atomic E-state index is -0.0613. The van der Waals surface area contributed by atoms with Gasteiger partial charge in [0.25, 0.3) is 0 Å². The van der Waals surface area contributed by atoms with E-state index < -0.39 is 0 Å². The van der Waals surface area contributed by atoms with Gasteiger partial charge >= 0.3 is 0 Å². The van der Waals surface area contributed by atoms with Gasteiger partial charge in [0.2, 0.25) is 0 Å². The first-order chi connectivity index (χ1) is 9.78. The van der Waals surface area contributed by atoms with Crippen LogP contribution in [0.4, 0.5) is 0 Å². The maximum atomic E-state index is 5.96. The topological polar surface area (TPSA) is 39.9 Å². The van der Waals surface area contributed by atoms with Crippen LogP contribution in [0.2, 0.25) is 0 Å². The quantitative estimate of drug-likeness (QED) is 0.454. The number of aromatic nitrogens is 3. The lowest BCUT2D eigenvalue weighted by atomic mass is 10.1. The Morgan fingerprint density at radius 2 is 1.90 bits per heavy atom. The van der Waals surface area contributed by atoms with E-state index in [1.165, 1.54) is 4.85 Å². The van der Waals surface area contributed by atoms with E-state index in [2.05, 4.69) is 48.8 Å². The van der Waals surface area contributed by atoms with E-state index in [9.17, 15) is 0 Å². The minimum absolute atomic E-state index is 0.0613. The smallest absolute Gasteiger partial charge is 0.161 e. The third-order valence-corrected chi connectivity index (χ3v) is 4.26. The summed E-state index contributed by atoms with van der Waals surface area (Å²) in [5, 5.41) is 8.15. The van der Waals surface area contributed by atoms with Crippen LogP contribution < -0.4 is 4.84 Å². The average Bonchev–Trinajstić information content (AvgIpc) is 2.89. The third kappa shape index (κ3) is 2.80. The Morgan fingerprint density at radius 3 is 2.65 bits per heavy atom. The standard InChI is InChI=1S/C14H11BrIN3O/c15-11-7-5-10(6-8-11)14(9-16)20-19-13-4-2-1-3-12(13)17-18-19/h1-8,14H,9H2. The number of rotatable bonds is 4. The summed E-state index contributed by atoms with van der Waals surface area (Å²) in [6.45, 7) is 0. The average molecular weight is 444 g/mol. The molecule has 0 amide bonds. The highest BCUT2D eigenvalue weighted by atomic mass is 127. The molecule has 3 aromatic rings. The highest BCUT2D eigenvalue weighted by molar-refractivity contribution is 14.1. The van der Waals surface area contributed by atoms with Crippen molar-refractivity contribution in [2.45, 2.75) is 6.10 Å². The predicted molar refractivity (Wildman–Crippen MR) is 89.9 cm³/mol. The summed E-state index contributed by atoms with van der Waals surface area (Å²) in [7, 11) is 0. The van der Waals surface area contributed by atoms with Gasteiger partial charge < -0.3 is 4.84 Å². The summed E-state index contributed by atoms with van der Waals surface area (Å²) >= 11 is 5.75. The fourth-order valence-corrected chi connectivity index (χ4v) is 2.84. The molecule has 0 radical (unpaired) electrons. The Balaban J connectivity index is 1.89. The van der Waals surface area contributed by atoms with Crippen LogP contribution in [0, 0.1) is 0 Å². The van der Waals surface area contributed by atoms with Gasteiger partial charge in [-0.15, -0.1) is 5.10 Å². The second-order valence-corrected chi connectivity index (χ2v) is 6.05. The third-order valence-electron chi connectivity index (χ3n) is 2.93. The summed E-state index contributed by atoms with van der Waals surface area (Å²) in [4.78, 5) is 7.46. The van der Waals surface area contributed by atoms with Crippen LogP contribution in [0.15, 0.2) is 53.0 Å². The van der Waals surface area contributed by atoms with Crippen molar-refractivity contribution in [3.05, 3.63) is 58.6 Å². The largest absolute Gasteiger partial charge is 0.386 e. The molecule has 0 aliphatic carbocycles. The van der Waals surface area contributed by atoms with E-state index in [1.54, 1.807) is 0 Å². The number of hydrogen-bond acceptors (Lipinski definition) is 3. The minimum Gasteiger partial charge on any atom is -0.386 e. The molecule has 1 aromatic heterocycles. The molecular formula is C14H11BrIN3O. The number of benzene rings is 2. The Kier molecular flexibility index (Phi) is 4.21. The van der Waals surface area contributed by atoms with Crippen molar-refractivity contribution in [3.63, 3.8) is 0 Å². The lowest BCUT2D eigenvalue weighted by molar-refractivity contribution is 0.0336. The van der Waals surface area contributed by atoms with Crippen LogP contribution in [0.3, 0.4) is 0 Å². The predicted octanol–water partition coefficient (Wildman–Crippen LogP) is 3.80. The van der Waals surface area contributed by atoms with E-state index in [0.717, 1.165) is 25.5 Å². The molecule has 0 spiro atoms. The fourth-order valence-electron chi connectivity index (χ4n) is 1.90. The number of nitrogens with zero attached hydrogens (tertiary/aromatic N) is 3. The Bertz CT molecular complexity index is 714. The molecule has 2 aromatic carbocycles. The summed E-state index contributed by atoms with van der Waals surface area (Å²) in [6.07, 6.45) is -0.0613. The molecule has 20 heavy (non-hydrogen) atoms.